The molecule has 0 amide bonds. The van der Waals surface area contributed by atoms with E-state index in [0.717, 1.165) is 44.7 Å². The number of esters is 1. The van der Waals surface area contributed by atoms with Crippen molar-refractivity contribution in [2.45, 2.75) is 19.5 Å². The monoisotopic (exact) mass is 346 g/mol. The van der Waals surface area contributed by atoms with Crippen molar-refractivity contribution < 1.29 is 18.3 Å². The van der Waals surface area contributed by atoms with Crippen molar-refractivity contribution in [3.05, 3.63) is 59.3 Å². The van der Waals surface area contributed by atoms with Gasteiger partial charge in [0, 0.05) is 19.6 Å². The van der Waals surface area contributed by atoms with Crippen molar-refractivity contribution >= 4 is 5.97 Å². The molecule has 1 fully saturated rings. The molecule has 1 aliphatic heterocycles. The second kappa shape index (κ2) is 8.27. The maximum Gasteiger partial charge on any atom is 0.341 e. The molecule has 6 heteroatoms. The molecule has 25 heavy (non-hydrogen) atoms. The summed E-state index contributed by atoms with van der Waals surface area (Å²) in [6.07, 6.45) is 2.57. The minimum atomic E-state index is -0.364. The molecular weight excluding hydrogens is 323 g/mol. The van der Waals surface area contributed by atoms with E-state index >= 15 is 0 Å². The molecule has 0 atom stereocenters. The molecule has 1 saturated heterocycles. The molecular formula is C19H23FN2O3. The van der Waals surface area contributed by atoms with E-state index in [2.05, 4.69) is 9.80 Å². The van der Waals surface area contributed by atoms with Crippen molar-refractivity contribution in [2.75, 3.05) is 33.3 Å². The van der Waals surface area contributed by atoms with E-state index in [4.69, 9.17) is 9.15 Å². The van der Waals surface area contributed by atoms with Gasteiger partial charge in [-0.15, -0.1) is 0 Å². The zero-order chi connectivity index (χ0) is 17.6. The van der Waals surface area contributed by atoms with Crippen molar-refractivity contribution in [1.29, 1.82) is 0 Å². The van der Waals surface area contributed by atoms with E-state index in [0.29, 0.717) is 17.9 Å². The summed E-state index contributed by atoms with van der Waals surface area (Å²) in [4.78, 5) is 16.4. The number of methoxy groups -OCH3 is 1. The lowest BCUT2D eigenvalue weighted by atomic mass is 10.2. The Hall–Kier alpha value is -2.18. The quantitative estimate of drug-likeness (QED) is 0.779. The molecule has 0 N–H and O–H groups in total. The highest BCUT2D eigenvalue weighted by molar-refractivity contribution is 5.90. The van der Waals surface area contributed by atoms with Crippen molar-refractivity contribution in [3.63, 3.8) is 0 Å². The van der Waals surface area contributed by atoms with Crippen LogP contribution in [0.25, 0.3) is 0 Å². The summed E-state index contributed by atoms with van der Waals surface area (Å²) in [6.45, 7) is 5.18. The largest absolute Gasteiger partial charge is 0.467 e. The lowest BCUT2D eigenvalue weighted by Gasteiger charge is -2.21. The van der Waals surface area contributed by atoms with Gasteiger partial charge in [0.25, 0.3) is 0 Å². The molecule has 5 nitrogen and oxygen atoms in total. The Bertz CT molecular complexity index is 699. The average Bonchev–Trinajstić information content (AvgIpc) is 2.97. The van der Waals surface area contributed by atoms with Crippen LogP contribution in [0.15, 0.2) is 41.0 Å². The SMILES string of the molecule is COC(=O)c1ccoc1CN1CCCN(Cc2ccc(F)cc2)CC1. The number of furan rings is 1. The Balaban J connectivity index is 1.56. The number of hydrogen-bond donors (Lipinski definition) is 0. The summed E-state index contributed by atoms with van der Waals surface area (Å²) < 4.78 is 23.3. The summed E-state index contributed by atoms with van der Waals surface area (Å²) in [5, 5.41) is 0. The highest BCUT2D eigenvalue weighted by Crippen LogP contribution is 2.17. The summed E-state index contributed by atoms with van der Waals surface area (Å²) in [6, 6.07) is 8.34. The van der Waals surface area contributed by atoms with Crippen molar-refractivity contribution in [1.82, 2.24) is 9.80 Å². The molecule has 1 aliphatic rings. The molecule has 1 aromatic carbocycles. The zero-order valence-electron chi connectivity index (χ0n) is 14.4. The molecule has 1 aromatic heterocycles. The van der Waals surface area contributed by atoms with E-state index in [9.17, 15) is 9.18 Å². The number of halogens is 1. The van der Waals surface area contributed by atoms with Crippen LogP contribution in [0.4, 0.5) is 4.39 Å². The molecule has 0 saturated carbocycles. The molecule has 0 spiro atoms. The first-order chi connectivity index (χ1) is 12.2. The summed E-state index contributed by atoms with van der Waals surface area (Å²) in [5.41, 5.74) is 1.61. The number of ether oxygens (including phenoxy) is 1. The van der Waals surface area contributed by atoms with E-state index in [1.807, 2.05) is 12.1 Å². The topological polar surface area (TPSA) is 45.9 Å². The Morgan fingerprint density at radius 1 is 1.08 bits per heavy atom. The summed E-state index contributed by atoms with van der Waals surface area (Å²) in [5.74, 6) is 0.0843. The third-order valence-corrected chi connectivity index (χ3v) is 4.52. The van der Waals surface area contributed by atoms with Gasteiger partial charge < -0.3 is 9.15 Å². The number of carbonyl (C=O) groups is 1. The number of carbonyl (C=O) groups excluding carboxylic acids is 1. The highest BCUT2D eigenvalue weighted by Gasteiger charge is 2.20. The van der Waals surface area contributed by atoms with Gasteiger partial charge in [0.2, 0.25) is 0 Å². The highest BCUT2D eigenvalue weighted by atomic mass is 19.1. The van der Waals surface area contributed by atoms with Crippen LogP contribution in [-0.4, -0.2) is 49.1 Å². The molecule has 3 rings (SSSR count). The maximum atomic E-state index is 13.0. The van der Waals surface area contributed by atoms with Crippen molar-refractivity contribution in [3.8, 4) is 0 Å². The number of benzene rings is 1. The predicted molar refractivity (Wildman–Crippen MR) is 91.6 cm³/mol. The fraction of sp³-hybridized carbons (Fsp3) is 0.421. The molecule has 134 valence electrons. The predicted octanol–water partition coefficient (Wildman–Crippen LogP) is 2.91. The minimum Gasteiger partial charge on any atom is -0.467 e. The first-order valence-electron chi connectivity index (χ1n) is 8.49. The fourth-order valence-corrected chi connectivity index (χ4v) is 3.15. The van der Waals surface area contributed by atoms with E-state index in [-0.39, 0.29) is 11.8 Å². The van der Waals surface area contributed by atoms with E-state index < -0.39 is 0 Å². The number of hydrogen-bond acceptors (Lipinski definition) is 5. The van der Waals surface area contributed by atoms with Crippen LogP contribution in [-0.2, 0) is 17.8 Å². The lowest BCUT2D eigenvalue weighted by Crippen LogP contribution is -2.30. The normalized spacial score (nSPS) is 16.6. The Kier molecular flexibility index (Phi) is 5.83. The van der Waals surface area contributed by atoms with Crippen LogP contribution < -0.4 is 0 Å². The van der Waals surface area contributed by atoms with E-state index in [1.54, 1.807) is 6.07 Å². The van der Waals surface area contributed by atoms with Crippen LogP contribution in [0.3, 0.4) is 0 Å². The molecule has 2 aromatic rings. The molecule has 0 aliphatic carbocycles. The number of rotatable bonds is 5. The molecule has 2 heterocycles. The van der Waals surface area contributed by atoms with Gasteiger partial charge in [-0.3, -0.25) is 9.80 Å². The standard InChI is InChI=1S/C19H23FN2O3/c1-24-19(23)17-7-12-25-18(17)14-22-9-2-8-21(10-11-22)13-15-3-5-16(20)6-4-15/h3-7,12H,2,8-11,13-14H2,1H3. The first-order valence-corrected chi connectivity index (χ1v) is 8.49. The van der Waals surface area contributed by atoms with Gasteiger partial charge in [-0.25, -0.2) is 9.18 Å². The van der Waals surface area contributed by atoms with Crippen LogP contribution in [0.1, 0.15) is 28.1 Å². The second-order valence-corrected chi connectivity index (χ2v) is 6.28. The summed E-state index contributed by atoms with van der Waals surface area (Å²) >= 11 is 0. The van der Waals surface area contributed by atoms with Crippen LogP contribution in [0, 0.1) is 5.82 Å². The Labute approximate surface area is 147 Å². The smallest absolute Gasteiger partial charge is 0.341 e. The molecule has 0 bridgehead atoms. The minimum absolute atomic E-state index is 0.203. The number of nitrogens with zero attached hydrogens (tertiary/aromatic N) is 2. The van der Waals surface area contributed by atoms with Crippen LogP contribution >= 0.6 is 0 Å². The Morgan fingerprint density at radius 3 is 2.44 bits per heavy atom. The van der Waals surface area contributed by atoms with Gasteiger partial charge in [0.1, 0.15) is 17.1 Å². The van der Waals surface area contributed by atoms with E-state index in [1.165, 1.54) is 25.5 Å². The average molecular weight is 346 g/mol. The Morgan fingerprint density at radius 2 is 1.76 bits per heavy atom. The fourth-order valence-electron chi connectivity index (χ4n) is 3.15. The third kappa shape index (κ3) is 4.67. The summed E-state index contributed by atoms with van der Waals surface area (Å²) in [7, 11) is 1.37. The molecule has 0 radical (unpaired) electrons. The molecule has 0 unspecified atom stereocenters. The van der Waals surface area contributed by atoms with Crippen LogP contribution in [0.2, 0.25) is 0 Å². The third-order valence-electron chi connectivity index (χ3n) is 4.52. The van der Waals surface area contributed by atoms with Gasteiger partial charge in [-0.05, 0) is 43.3 Å². The van der Waals surface area contributed by atoms with Gasteiger partial charge >= 0.3 is 5.97 Å². The van der Waals surface area contributed by atoms with Crippen molar-refractivity contribution in [2.24, 2.45) is 0 Å². The van der Waals surface area contributed by atoms with Gasteiger partial charge in [0.15, 0.2) is 0 Å². The maximum absolute atomic E-state index is 13.0. The van der Waals surface area contributed by atoms with Gasteiger partial charge in [0.05, 0.1) is 19.9 Å². The zero-order valence-corrected chi connectivity index (χ0v) is 14.4. The lowest BCUT2D eigenvalue weighted by molar-refractivity contribution is 0.0596. The second-order valence-electron chi connectivity index (χ2n) is 6.28. The van der Waals surface area contributed by atoms with Gasteiger partial charge in [-0.2, -0.15) is 0 Å². The van der Waals surface area contributed by atoms with Crippen LogP contribution in [0.5, 0.6) is 0 Å². The first kappa shape index (κ1) is 17.6. The van der Waals surface area contributed by atoms with Gasteiger partial charge in [-0.1, -0.05) is 12.1 Å².